The second-order valence-corrected chi connectivity index (χ2v) is 3.49. The minimum absolute atomic E-state index is 0.316. The molecule has 0 radical (unpaired) electrons. The highest BCUT2D eigenvalue weighted by Crippen LogP contribution is 2.11. The van der Waals surface area contributed by atoms with E-state index in [1.807, 2.05) is 0 Å². The summed E-state index contributed by atoms with van der Waals surface area (Å²) in [7, 11) is 0. The van der Waals surface area contributed by atoms with E-state index in [0.717, 1.165) is 51.9 Å². The number of rotatable bonds is 8. The van der Waals surface area contributed by atoms with Crippen LogP contribution in [0.4, 0.5) is 0 Å². The molecule has 1 atom stereocenters. The topological polar surface area (TPSA) is 38.7 Å². The van der Waals surface area contributed by atoms with Gasteiger partial charge in [-0.2, -0.15) is 0 Å². The molecule has 3 nitrogen and oxygen atoms in total. The molecule has 1 N–H and O–H groups in total. The Balaban J connectivity index is 1.68. The lowest BCUT2D eigenvalue weighted by molar-refractivity contribution is -0.0939. The van der Waals surface area contributed by atoms with Crippen LogP contribution in [0.5, 0.6) is 0 Å². The third-order valence-corrected chi connectivity index (χ3v) is 2.29. The van der Waals surface area contributed by atoms with Crippen molar-refractivity contribution in [2.75, 3.05) is 26.4 Å². The lowest BCUT2D eigenvalue weighted by atomic mass is 10.2. The fourth-order valence-electron chi connectivity index (χ4n) is 1.30. The Morgan fingerprint density at radius 2 is 2.00 bits per heavy atom. The van der Waals surface area contributed by atoms with E-state index in [-0.39, 0.29) is 0 Å². The fraction of sp³-hybridized carbons (Fsp3) is 1.00. The van der Waals surface area contributed by atoms with E-state index in [2.05, 4.69) is 0 Å². The molecule has 1 saturated heterocycles. The van der Waals surface area contributed by atoms with Crippen molar-refractivity contribution in [2.45, 2.75) is 38.2 Å². The quantitative estimate of drug-likeness (QED) is 0.584. The van der Waals surface area contributed by atoms with Gasteiger partial charge >= 0.3 is 0 Å². The maximum absolute atomic E-state index is 8.53. The summed E-state index contributed by atoms with van der Waals surface area (Å²) in [4.78, 5) is 0. The van der Waals surface area contributed by atoms with Gasteiger partial charge in [0.25, 0.3) is 0 Å². The summed E-state index contributed by atoms with van der Waals surface area (Å²) in [5.74, 6) is 0. The van der Waals surface area contributed by atoms with E-state index in [1.165, 1.54) is 0 Å². The normalized spacial score (nSPS) is 21.5. The molecule has 1 aliphatic heterocycles. The van der Waals surface area contributed by atoms with Crippen LogP contribution in [0.15, 0.2) is 0 Å². The van der Waals surface area contributed by atoms with Gasteiger partial charge in [0.05, 0.1) is 12.7 Å². The molecule has 13 heavy (non-hydrogen) atoms. The van der Waals surface area contributed by atoms with Crippen LogP contribution in [0.25, 0.3) is 0 Å². The van der Waals surface area contributed by atoms with E-state index in [1.54, 1.807) is 0 Å². The molecule has 78 valence electrons. The first-order chi connectivity index (χ1) is 6.43. The minimum Gasteiger partial charge on any atom is -0.396 e. The van der Waals surface area contributed by atoms with Gasteiger partial charge in [0.2, 0.25) is 0 Å². The number of ether oxygens (including phenoxy) is 2. The highest BCUT2D eigenvalue weighted by molar-refractivity contribution is 4.64. The smallest absolute Gasteiger partial charge is 0.0830 e. The first kappa shape index (κ1) is 11.0. The van der Waals surface area contributed by atoms with Crippen LogP contribution in [-0.4, -0.2) is 37.6 Å². The predicted octanol–water partition coefficient (Wildman–Crippen LogP) is 1.34. The number of unbranched alkanes of at least 4 members (excludes halogenated alkanes) is 3. The molecule has 1 aliphatic rings. The largest absolute Gasteiger partial charge is 0.396 e. The molecular weight excluding hydrogens is 168 g/mol. The molecule has 1 unspecified atom stereocenters. The predicted molar refractivity (Wildman–Crippen MR) is 50.7 cm³/mol. The molecule has 1 rings (SSSR count). The fourth-order valence-corrected chi connectivity index (χ4v) is 1.30. The molecule has 0 aliphatic carbocycles. The Labute approximate surface area is 80.0 Å². The van der Waals surface area contributed by atoms with Gasteiger partial charge in [0.1, 0.15) is 0 Å². The second-order valence-electron chi connectivity index (χ2n) is 3.49. The zero-order chi connectivity index (χ0) is 9.36. The van der Waals surface area contributed by atoms with Gasteiger partial charge in [-0.05, 0) is 19.3 Å². The van der Waals surface area contributed by atoms with Crippen molar-refractivity contribution in [1.29, 1.82) is 0 Å². The number of aliphatic hydroxyl groups is 1. The molecule has 1 heterocycles. The Hall–Kier alpha value is -0.120. The van der Waals surface area contributed by atoms with Crippen molar-refractivity contribution in [3.05, 3.63) is 0 Å². The molecule has 0 saturated carbocycles. The van der Waals surface area contributed by atoms with Crippen LogP contribution in [0.1, 0.15) is 32.1 Å². The SMILES string of the molecule is OCCCCCCOCC1CCO1. The monoisotopic (exact) mass is 188 g/mol. The average molecular weight is 188 g/mol. The van der Waals surface area contributed by atoms with Crippen molar-refractivity contribution in [2.24, 2.45) is 0 Å². The van der Waals surface area contributed by atoms with E-state index in [4.69, 9.17) is 14.6 Å². The maximum Gasteiger partial charge on any atom is 0.0830 e. The van der Waals surface area contributed by atoms with E-state index in [9.17, 15) is 0 Å². The number of hydrogen-bond acceptors (Lipinski definition) is 3. The molecule has 0 aromatic heterocycles. The van der Waals surface area contributed by atoms with Crippen molar-refractivity contribution in [3.63, 3.8) is 0 Å². The zero-order valence-corrected chi connectivity index (χ0v) is 8.21. The van der Waals surface area contributed by atoms with Crippen LogP contribution in [0, 0.1) is 0 Å². The van der Waals surface area contributed by atoms with Crippen molar-refractivity contribution in [1.82, 2.24) is 0 Å². The Morgan fingerprint density at radius 3 is 2.62 bits per heavy atom. The zero-order valence-electron chi connectivity index (χ0n) is 8.21. The van der Waals surface area contributed by atoms with Crippen molar-refractivity contribution < 1.29 is 14.6 Å². The Bertz CT molecular complexity index is 113. The molecule has 3 heteroatoms. The maximum atomic E-state index is 8.53. The van der Waals surface area contributed by atoms with Gasteiger partial charge in [0.15, 0.2) is 0 Å². The van der Waals surface area contributed by atoms with E-state index >= 15 is 0 Å². The summed E-state index contributed by atoms with van der Waals surface area (Å²) in [6, 6.07) is 0. The summed E-state index contributed by atoms with van der Waals surface area (Å²) in [6.45, 7) is 2.83. The molecule has 0 aromatic carbocycles. The van der Waals surface area contributed by atoms with E-state index in [0.29, 0.717) is 12.7 Å². The van der Waals surface area contributed by atoms with Gasteiger partial charge in [0, 0.05) is 19.8 Å². The third kappa shape index (κ3) is 5.24. The standard InChI is InChI=1S/C10H20O3/c11-6-3-1-2-4-7-12-9-10-5-8-13-10/h10-11H,1-9H2. The average Bonchev–Trinajstić information content (AvgIpc) is 2.07. The first-order valence-electron chi connectivity index (χ1n) is 5.23. The van der Waals surface area contributed by atoms with E-state index < -0.39 is 0 Å². The van der Waals surface area contributed by atoms with Crippen LogP contribution in [0.2, 0.25) is 0 Å². The van der Waals surface area contributed by atoms with Crippen LogP contribution in [-0.2, 0) is 9.47 Å². The van der Waals surface area contributed by atoms with Crippen LogP contribution in [0.3, 0.4) is 0 Å². The van der Waals surface area contributed by atoms with Gasteiger partial charge in [-0.15, -0.1) is 0 Å². The van der Waals surface area contributed by atoms with Crippen molar-refractivity contribution >= 4 is 0 Å². The second kappa shape index (κ2) is 7.30. The first-order valence-corrected chi connectivity index (χ1v) is 5.23. The molecular formula is C10H20O3. The van der Waals surface area contributed by atoms with Crippen molar-refractivity contribution in [3.8, 4) is 0 Å². The lowest BCUT2D eigenvalue weighted by Crippen LogP contribution is -2.31. The van der Waals surface area contributed by atoms with Crippen LogP contribution >= 0.6 is 0 Å². The van der Waals surface area contributed by atoms with Gasteiger partial charge < -0.3 is 14.6 Å². The van der Waals surface area contributed by atoms with Gasteiger partial charge in [-0.25, -0.2) is 0 Å². The summed E-state index contributed by atoms with van der Waals surface area (Å²) < 4.78 is 10.6. The Kier molecular flexibility index (Phi) is 6.15. The number of hydrogen-bond donors (Lipinski definition) is 1. The summed E-state index contributed by atoms with van der Waals surface area (Å²) in [6.07, 6.45) is 5.83. The third-order valence-electron chi connectivity index (χ3n) is 2.29. The lowest BCUT2D eigenvalue weighted by Gasteiger charge is -2.25. The highest BCUT2D eigenvalue weighted by Gasteiger charge is 2.17. The molecule has 0 bridgehead atoms. The minimum atomic E-state index is 0.316. The summed E-state index contributed by atoms with van der Waals surface area (Å²) in [5.41, 5.74) is 0. The molecule has 0 spiro atoms. The number of aliphatic hydroxyl groups excluding tert-OH is 1. The van der Waals surface area contributed by atoms with Gasteiger partial charge in [-0.3, -0.25) is 0 Å². The molecule has 0 amide bonds. The molecule has 0 aromatic rings. The Morgan fingerprint density at radius 1 is 1.23 bits per heavy atom. The summed E-state index contributed by atoms with van der Waals surface area (Å²) in [5, 5.41) is 8.53. The van der Waals surface area contributed by atoms with Crippen LogP contribution < -0.4 is 0 Å². The highest BCUT2D eigenvalue weighted by atomic mass is 16.5. The molecule has 1 fully saturated rings. The van der Waals surface area contributed by atoms with Gasteiger partial charge in [-0.1, -0.05) is 12.8 Å². The summed E-state index contributed by atoms with van der Waals surface area (Å²) >= 11 is 0.